The Balaban J connectivity index is 0. The maximum atomic E-state index is 4.21. The number of hydrogen-bond acceptors (Lipinski definition) is 2. The number of pyridine rings is 1. The first-order chi connectivity index (χ1) is 7.83. The van der Waals surface area contributed by atoms with Crippen LogP contribution in [0.2, 0.25) is 0 Å². The van der Waals surface area contributed by atoms with Crippen LogP contribution in [0.15, 0.2) is 23.7 Å². The van der Waals surface area contributed by atoms with Crippen LogP contribution in [0.1, 0.15) is 45.9 Å². The van der Waals surface area contributed by atoms with Crippen molar-refractivity contribution in [2.45, 2.75) is 41.5 Å². The fourth-order valence-corrected chi connectivity index (χ4v) is 1.29. The van der Waals surface area contributed by atoms with Crippen molar-refractivity contribution in [1.29, 1.82) is 0 Å². The lowest BCUT2D eigenvalue weighted by Crippen LogP contribution is -1.79. The second-order valence-corrected chi connectivity index (χ2v) is 3.70. The fraction of sp³-hybridized carbons (Fsp3) is 0.500. The van der Waals surface area contributed by atoms with Gasteiger partial charge < -0.3 is 0 Å². The van der Waals surface area contributed by atoms with Crippen molar-refractivity contribution in [3.05, 3.63) is 35.0 Å². The second-order valence-electron chi connectivity index (χ2n) is 2.52. The Morgan fingerprint density at radius 1 is 1.25 bits per heavy atom. The number of hydrogen-bond donors (Lipinski definition) is 0. The third kappa shape index (κ3) is 9.78. The molecule has 0 unspecified atom stereocenters. The van der Waals surface area contributed by atoms with Crippen LogP contribution < -0.4 is 0 Å². The van der Waals surface area contributed by atoms with Crippen LogP contribution in [0, 0.1) is 6.92 Å². The summed E-state index contributed by atoms with van der Waals surface area (Å²) in [6, 6.07) is 4.08. The molecule has 1 nitrogen and oxygen atoms in total. The maximum absolute atomic E-state index is 4.21. The molecular formula is C14H25NS. The summed E-state index contributed by atoms with van der Waals surface area (Å²) in [7, 11) is 0. The van der Waals surface area contributed by atoms with Crippen LogP contribution in [-0.2, 0) is 0 Å². The molecule has 2 heteroatoms. The molecule has 0 bridgehead atoms. The first-order valence-corrected chi connectivity index (χ1v) is 7.08. The molecule has 0 N–H and O–H groups in total. The van der Waals surface area contributed by atoms with Gasteiger partial charge in [-0.05, 0) is 41.9 Å². The molecule has 16 heavy (non-hydrogen) atoms. The molecular weight excluding hydrogens is 214 g/mol. The lowest BCUT2D eigenvalue weighted by molar-refractivity contribution is 1.26. The number of thioether (sulfide) groups is 1. The van der Waals surface area contributed by atoms with Gasteiger partial charge in [0.05, 0.1) is 5.69 Å². The highest BCUT2D eigenvalue weighted by molar-refractivity contribution is 8.02. The van der Waals surface area contributed by atoms with E-state index in [-0.39, 0.29) is 0 Å². The zero-order valence-corrected chi connectivity index (χ0v) is 12.3. The summed E-state index contributed by atoms with van der Waals surface area (Å²) in [6.45, 7) is 12.2. The van der Waals surface area contributed by atoms with Crippen molar-refractivity contribution in [3.8, 4) is 0 Å². The van der Waals surface area contributed by atoms with E-state index in [2.05, 4.69) is 30.3 Å². The van der Waals surface area contributed by atoms with Crippen LogP contribution in [0.5, 0.6) is 0 Å². The van der Waals surface area contributed by atoms with Gasteiger partial charge in [0.2, 0.25) is 0 Å². The molecule has 1 heterocycles. The summed E-state index contributed by atoms with van der Waals surface area (Å²) >= 11 is 1.79. The summed E-state index contributed by atoms with van der Waals surface area (Å²) in [5.74, 6) is 1.11. The zero-order chi connectivity index (χ0) is 12.8. The Morgan fingerprint density at radius 2 is 1.88 bits per heavy atom. The predicted octanol–water partition coefficient (Wildman–Crippen LogP) is 5.17. The highest BCUT2D eigenvalue weighted by atomic mass is 32.2. The summed E-state index contributed by atoms with van der Waals surface area (Å²) < 4.78 is 0. The van der Waals surface area contributed by atoms with Gasteiger partial charge in [-0.25, -0.2) is 0 Å². The van der Waals surface area contributed by atoms with E-state index in [1.165, 1.54) is 5.56 Å². The minimum absolute atomic E-state index is 1.04. The number of aromatic nitrogens is 1. The van der Waals surface area contributed by atoms with E-state index in [9.17, 15) is 0 Å². The molecule has 0 aromatic carbocycles. The van der Waals surface area contributed by atoms with Gasteiger partial charge in [-0.1, -0.05) is 34.6 Å². The van der Waals surface area contributed by atoms with Gasteiger partial charge in [-0.3, -0.25) is 4.98 Å². The van der Waals surface area contributed by atoms with E-state index >= 15 is 0 Å². The molecule has 0 saturated carbocycles. The minimum atomic E-state index is 1.04. The predicted molar refractivity (Wildman–Crippen MR) is 78.8 cm³/mol. The molecule has 0 aliphatic rings. The summed E-state index contributed by atoms with van der Waals surface area (Å²) in [5.41, 5.74) is 2.29. The van der Waals surface area contributed by atoms with E-state index in [4.69, 9.17) is 0 Å². The van der Waals surface area contributed by atoms with Crippen molar-refractivity contribution >= 4 is 17.8 Å². The van der Waals surface area contributed by atoms with Crippen molar-refractivity contribution in [3.63, 3.8) is 0 Å². The molecule has 0 aliphatic carbocycles. The SMILES string of the molecule is CC.CC.CCS/C=C/c1cc(C)ccn1. The Labute approximate surface area is 105 Å². The largest absolute Gasteiger partial charge is 0.257 e. The van der Waals surface area contributed by atoms with E-state index < -0.39 is 0 Å². The highest BCUT2D eigenvalue weighted by Crippen LogP contribution is 2.06. The van der Waals surface area contributed by atoms with Crippen LogP contribution >= 0.6 is 11.8 Å². The summed E-state index contributed by atoms with van der Waals surface area (Å²) in [5, 5.41) is 2.09. The Hall–Kier alpha value is -0.760. The van der Waals surface area contributed by atoms with Gasteiger partial charge in [0.1, 0.15) is 0 Å². The van der Waals surface area contributed by atoms with Gasteiger partial charge in [0.25, 0.3) is 0 Å². The molecule has 0 fully saturated rings. The van der Waals surface area contributed by atoms with E-state index in [0.29, 0.717) is 0 Å². The minimum Gasteiger partial charge on any atom is -0.257 e. The molecule has 0 atom stereocenters. The van der Waals surface area contributed by atoms with Gasteiger partial charge >= 0.3 is 0 Å². The molecule has 1 rings (SSSR count). The van der Waals surface area contributed by atoms with E-state index in [0.717, 1.165) is 11.4 Å². The third-order valence-corrected chi connectivity index (χ3v) is 2.10. The van der Waals surface area contributed by atoms with Crippen molar-refractivity contribution in [2.75, 3.05) is 5.75 Å². The van der Waals surface area contributed by atoms with Crippen molar-refractivity contribution in [2.24, 2.45) is 0 Å². The average Bonchev–Trinajstić information content (AvgIpc) is 2.35. The molecule has 0 radical (unpaired) electrons. The third-order valence-electron chi connectivity index (χ3n) is 1.44. The summed E-state index contributed by atoms with van der Waals surface area (Å²) in [6.07, 6.45) is 3.88. The molecule has 0 saturated heterocycles. The van der Waals surface area contributed by atoms with Gasteiger partial charge in [0.15, 0.2) is 0 Å². The molecule has 1 aromatic heterocycles. The van der Waals surface area contributed by atoms with Gasteiger partial charge in [-0.2, -0.15) is 0 Å². The van der Waals surface area contributed by atoms with Gasteiger partial charge in [-0.15, -0.1) is 11.8 Å². The Kier molecular flexibility index (Phi) is 15.7. The number of rotatable bonds is 3. The summed E-state index contributed by atoms with van der Waals surface area (Å²) in [4.78, 5) is 4.21. The molecule has 0 aliphatic heterocycles. The highest BCUT2D eigenvalue weighted by Gasteiger charge is 1.87. The lowest BCUT2D eigenvalue weighted by Gasteiger charge is -1.93. The Morgan fingerprint density at radius 3 is 2.38 bits per heavy atom. The molecule has 0 amide bonds. The quantitative estimate of drug-likeness (QED) is 0.722. The Bertz CT molecular complexity index is 269. The molecule has 92 valence electrons. The molecule has 1 aromatic rings. The van der Waals surface area contributed by atoms with Crippen LogP contribution in [0.25, 0.3) is 6.08 Å². The van der Waals surface area contributed by atoms with Crippen LogP contribution in [0.3, 0.4) is 0 Å². The number of nitrogens with zero attached hydrogens (tertiary/aromatic N) is 1. The lowest BCUT2D eigenvalue weighted by atomic mass is 10.2. The van der Waals surface area contributed by atoms with Crippen LogP contribution in [0.4, 0.5) is 0 Å². The van der Waals surface area contributed by atoms with E-state index in [1.54, 1.807) is 11.8 Å². The van der Waals surface area contributed by atoms with E-state index in [1.807, 2.05) is 46.0 Å². The monoisotopic (exact) mass is 239 g/mol. The standard InChI is InChI=1S/C10H13NS.2C2H6/c1-3-12-7-5-10-8-9(2)4-6-11-10;2*1-2/h4-8H,3H2,1-2H3;2*1-2H3/b7-5+;;. The fourth-order valence-electron chi connectivity index (χ4n) is 0.865. The zero-order valence-electron chi connectivity index (χ0n) is 11.4. The molecule has 0 spiro atoms. The van der Waals surface area contributed by atoms with Crippen molar-refractivity contribution in [1.82, 2.24) is 4.98 Å². The van der Waals surface area contributed by atoms with Crippen molar-refractivity contribution < 1.29 is 0 Å². The number of aryl methyl sites for hydroxylation is 1. The maximum Gasteiger partial charge on any atom is 0.0637 e. The normalized spacial score (nSPS) is 8.88. The first-order valence-electron chi connectivity index (χ1n) is 6.03. The van der Waals surface area contributed by atoms with Gasteiger partial charge in [0, 0.05) is 6.20 Å². The topological polar surface area (TPSA) is 12.9 Å². The first kappa shape index (κ1) is 17.6. The smallest absolute Gasteiger partial charge is 0.0637 e. The second kappa shape index (κ2) is 14.2. The average molecular weight is 239 g/mol. The van der Waals surface area contributed by atoms with Crippen LogP contribution in [-0.4, -0.2) is 10.7 Å².